The number of hydrogen-bond acceptors (Lipinski definition) is 5. The summed E-state index contributed by atoms with van der Waals surface area (Å²) in [4.78, 5) is 11.0. The minimum atomic E-state index is 0.486. The predicted octanol–water partition coefficient (Wildman–Crippen LogP) is 1.41. The van der Waals surface area contributed by atoms with Crippen LogP contribution in [0.1, 0.15) is 19.8 Å². The summed E-state index contributed by atoms with van der Waals surface area (Å²) in [5.41, 5.74) is 0. The highest BCUT2D eigenvalue weighted by Crippen LogP contribution is 2.14. The van der Waals surface area contributed by atoms with Gasteiger partial charge in [0.05, 0.1) is 12.4 Å². The van der Waals surface area contributed by atoms with Gasteiger partial charge in [0.25, 0.3) is 0 Å². The molecule has 0 amide bonds. The summed E-state index contributed by atoms with van der Waals surface area (Å²) < 4.78 is 0. The van der Waals surface area contributed by atoms with E-state index in [4.69, 9.17) is 0 Å². The van der Waals surface area contributed by atoms with Gasteiger partial charge in [-0.25, -0.2) is 4.98 Å². The number of likely N-dealkylation sites (tertiary alicyclic amines) is 1. The number of anilines is 2. The Morgan fingerprint density at radius 1 is 1.41 bits per heavy atom. The average Bonchev–Trinajstić information content (AvgIpc) is 2.30. The van der Waals surface area contributed by atoms with Crippen molar-refractivity contribution in [1.29, 1.82) is 0 Å². The Kier molecular flexibility index (Phi) is 4.14. The summed E-state index contributed by atoms with van der Waals surface area (Å²) >= 11 is 0. The molecule has 1 aliphatic rings. The molecule has 1 aliphatic heterocycles. The molecule has 2 rings (SSSR count). The third-order valence-electron chi connectivity index (χ3n) is 2.97. The zero-order valence-electron chi connectivity index (χ0n) is 10.6. The van der Waals surface area contributed by atoms with Crippen LogP contribution < -0.4 is 10.6 Å². The molecule has 94 valence electrons. The van der Waals surface area contributed by atoms with Gasteiger partial charge in [-0.15, -0.1) is 0 Å². The lowest BCUT2D eigenvalue weighted by Gasteiger charge is -2.30. The van der Waals surface area contributed by atoms with Gasteiger partial charge in [-0.1, -0.05) is 0 Å². The van der Waals surface area contributed by atoms with Gasteiger partial charge in [0.15, 0.2) is 0 Å². The van der Waals surface area contributed by atoms with Crippen LogP contribution in [0.15, 0.2) is 12.4 Å². The lowest BCUT2D eigenvalue weighted by molar-refractivity contribution is 0.260. The van der Waals surface area contributed by atoms with Crippen molar-refractivity contribution in [2.75, 3.05) is 37.3 Å². The molecular formula is C12H21N5. The molecule has 2 N–H and O–H groups in total. The van der Waals surface area contributed by atoms with Crippen molar-refractivity contribution in [2.24, 2.45) is 0 Å². The largest absolute Gasteiger partial charge is 0.369 e. The highest BCUT2D eigenvalue weighted by molar-refractivity contribution is 5.42. The van der Waals surface area contributed by atoms with E-state index in [0.717, 1.165) is 24.7 Å². The van der Waals surface area contributed by atoms with E-state index >= 15 is 0 Å². The lowest BCUT2D eigenvalue weighted by atomic mass is 10.1. The van der Waals surface area contributed by atoms with Crippen LogP contribution in [0.4, 0.5) is 11.6 Å². The fraction of sp³-hybridized carbons (Fsp3) is 0.667. The van der Waals surface area contributed by atoms with E-state index < -0.39 is 0 Å². The number of hydrogen-bond donors (Lipinski definition) is 2. The fourth-order valence-corrected chi connectivity index (χ4v) is 2.20. The van der Waals surface area contributed by atoms with E-state index in [2.05, 4.69) is 39.5 Å². The fourth-order valence-electron chi connectivity index (χ4n) is 2.20. The summed E-state index contributed by atoms with van der Waals surface area (Å²) in [6.07, 6.45) is 5.99. The second-order valence-corrected chi connectivity index (χ2v) is 4.57. The average molecular weight is 235 g/mol. The highest BCUT2D eigenvalue weighted by atomic mass is 15.2. The maximum atomic E-state index is 4.48. The smallest absolute Gasteiger partial charge is 0.147 e. The summed E-state index contributed by atoms with van der Waals surface area (Å²) in [5, 5.41) is 6.62. The molecule has 17 heavy (non-hydrogen) atoms. The van der Waals surface area contributed by atoms with E-state index in [9.17, 15) is 0 Å². The van der Waals surface area contributed by atoms with Crippen LogP contribution in [0.5, 0.6) is 0 Å². The molecule has 2 heterocycles. The molecule has 0 bridgehead atoms. The molecule has 1 aromatic rings. The summed E-state index contributed by atoms with van der Waals surface area (Å²) in [6.45, 7) is 5.19. The Labute approximate surface area is 103 Å². The second-order valence-electron chi connectivity index (χ2n) is 4.57. The predicted molar refractivity (Wildman–Crippen MR) is 70.3 cm³/mol. The van der Waals surface area contributed by atoms with Crippen LogP contribution in [0.3, 0.4) is 0 Å². The van der Waals surface area contributed by atoms with E-state index in [1.165, 1.54) is 19.4 Å². The quantitative estimate of drug-likeness (QED) is 0.826. The second kappa shape index (κ2) is 5.82. The van der Waals surface area contributed by atoms with Crippen LogP contribution in [0, 0.1) is 0 Å². The Balaban J connectivity index is 1.95. The molecule has 5 nitrogen and oxygen atoms in total. The molecule has 5 heteroatoms. The Hall–Kier alpha value is -1.36. The Morgan fingerprint density at radius 2 is 2.24 bits per heavy atom. The van der Waals surface area contributed by atoms with Gasteiger partial charge >= 0.3 is 0 Å². The Bertz CT molecular complexity index is 355. The summed E-state index contributed by atoms with van der Waals surface area (Å²) in [5.74, 6) is 1.70. The van der Waals surface area contributed by atoms with E-state index in [1.807, 2.05) is 0 Å². The van der Waals surface area contributed by atoms with Crippen molar-refractivity contribution in [3.63, 3.8) is 0 Å². The molecular weight excluding hydrogens is 214 g/mol. The first-order valence-electron chi connectivity index (χ1n) is 6.29. The van der Waals surface area contributed by atoms with Crippen molar-refractivity contribution in [3.05, 3.63) is 12.4 Å². The number of nitrogens with one attached hydrogen (secondary N) is 2. The lowest BCUT2D eigenvalue weighted by Crippen LogP contribution is -2.39. The third-order valence-corrected chi connectivity index (χ3v) is 2.97. The van der Waals surface area contributed by atoms with Crippen molar-refractivity contribution in [3.8, 4) is 0 Å². The minimum absolute atomic E-state index is 0.486. The zero-order valence-corrected chi connectivity index (χ0v) is 10.6. The van der Waals surface area contributed by atoms with Gasteiger partial charge in [-0.05, 0) is 33.4 Å². The van der Waals surface area contributed by atoms with E-state index in [-0.39, 0.29) is 0 Å². The van der Waals surface area contributed by atoms with Crippen molar-refractivity contribution in [1.82, 2.24) is 14.9 Å². The standard InChI is InChI=1S/C12H21N5/c1-3-14-11-7-13-8-12(16-11)15-10-5-4-6-17(2)9-10/h7-8,10H,3-6,9H2,1-2H3,(H2,14,15,16). The SMILES string of the molecule is CCNc1cncc(NC2CCCN(C)C2)n1. The monoisotopic (exact) mass is 235 g/mol. The number of rotatable bonds is 4. The number of likely N-dealkylation sites (N-methyl/N-ethyl adjacent to an activating group) is 1. The molecule has 1 atom stereocenters. The molecule has 1 unspecified atom stereocenters. The van der Waals surface area contributed by atoms with E-state index in [1.54, 1.807) is 12.4 Å². The van der Waals surface area contributed by atoms with Gasteiger partial charge < -0.3 is 15.5 Å². The molecule has 1 fully saturated rings. The first-order chi connectivity index (χ1) is 8.28. The van der Waals surface area contributed by atoms with Crippen molar-refractivity contribution >= 4 is 11.6 Å². The van der Waals surface area contributed by atoms with Crippen molar-refractivity contribution in [2.45, 2.75) is 25.8 Å². The minimum Gasteiger partial charge on any atom is -0.369 e. The zero-order chi connectivity index (χ0) is 12.1. The molecule has 0 spiro atoms. The summed E-state index contributed by atoms with van der Waals surface area (Å²) in [6, 6.07) is 0.486. The first-order valence-corrected chi connectivity index (χ1v) is 6.29. The maximum absolute atomic E-state index is 4.48. The maximum Gasteiger partial charge on any atom is 0.147 e. The molecule has 0 saturated carbocycles. The molecule has 0 aromatic carbocycles. The van der Waals surface area contributed by atoms with Gasteiger partial charge in [0.2, 0.25) is 0 Å². The van der Waals surface area contributed by atoms with Crippen LogP contribution >= 0.6 is 0 Å². The molecule has 0 radical (unpaired) electrons. The summed E-state index contributed by atoms with van der Waals surface area (Å²) in [7, 11) is 2.16. The highest BCUT2D eigenvalue weighted by Gasteiger charge is 2.17. The normalized spacial score (nSPS) is 21.2. The number of aromatic nitrogens is 2. The van der Waals surface area contributed by atoms with Gasteiger partial charge in [-0.3, -0.25) is 4.98 Å². The van der Waals surface area contributed by atoms with Crippen LogP contribution in [0.2, 0.25) is 0 Å². The number of nitrogens with zero attached hydrogens (tertiary/aromatic N) is 3. The van der Waals surface area contributed by atoms with Gasteiger partial charge in [0, 0.05) is 19.1 Å². The Morgan fingerprint density at radius 3 is 3.00 bits per heavy atom. The third kappa shape index (κ3) is 3.56. The molecule has 0 aliphatic carbocycles. The van der Waals surface area contributed by atoms with Gasteiger partial charge in [-0.2, -0.15) is 0 Å². The van der Waals surface area contributed by atoms with Crippen LogP contribution in [0.25, 0.3) is 0 Å². The number of piperidine rings is 1. The van der Waals surface area contributed by atoms with E-state index in [0.29, 0.717) is 6.04 Å². The molecule has 1 saturated heterocycles. The topological polar surface area (TPSA) is 53.1 Å². The van der Waals surface area contributed by atoms with Crippen LogP contribution in [-0.2, 0) is 0 Å². The van der Waals surface area contributed by atoms with Crippen LogP contribution in [-0.4, -0.2) is 47.6 Å². The first kappa shape index (κ1) is 12.1. The molecule has 1 aromatic heterocycles. The van der Waals surface area contributed by atoms with Crippen molar-refractivity contribution < 1.29 is 0 Å². The van der Waals surface area contributed by atoms with Gasteiger partial charge in [0.1, 0.15) is 11.6 Å².